The van der Waals surface area contributed by atoms with Gasteiger partial charge in [0.1, 0.15) is 0 Å². The Morgan fingerprint density at radius 1 is 1.12 bits per heavy atom. The summed E-state index contributed by atoms with van der Waals surface area (Å²) < 4.78 is 0. The molecule has 126 valence electrons. The molecule has 1 aromatic rings. The Morgan fingerprint density at radius 2 is 2.00 bits per heavy atom. The van der Waals surface area contributed by atoms with E-state index in [-0.39, 0.29) is 12.4 Å². The summed E-state index contributed by atoms with van der Waals surface area (Å²) in [7, 11) is 0. The first-order valence-electron chi connectivity index (χ1n) is 8.74. The largest absolute Gasteiger partial charge is 0.360 e. The summed E-state index contributed by atoms with van der Waals surface area (Å²) in [5, 5.41) is 5.92. The van der Waals surface area contributed by atoms with E-state index in [0.29, 0.717) is 12.0 Å². The minimum Gasteiger partial charge on any atom is -0.360 e. The fourth-order valence-corrected chi connectivity index (χ4v) is 5.78. The fraction of sp³-hybridized carbons (Fsp3) is 0.400. The van der Waals surface area contributed by atoms with Gasteiger partial charge in [-0.3, -0.25) is 0 Å². The third-order valence-electron chi connectivity index (χ3n) is 5.68. The molecule has 1 N–H and O–H groups in total. The van der Waals surface area contributed by atoms with Crippen LogP contribution in [0.3, 0.4) is 0 Å². The minimum atomic E-state index is 0. The molecule has 2 unspecified atom stereocenters. The summed E-state index contributed by atoms with van der Waals surface area (Å²) in [5.74, 6) is 0.568. The lowest BCUT2D eigenvalue weighted by molar-refractivity contribution is 0.298. The van der Waals surface area contributed by atoms with Crippen molar-refractivity contribution in [2.24, 2.45) is 0 Å². The summed E-state index contributed by atoms with van der Waals surface area (Å²) in [6, 6.07) is 11.7. The van der Waals surface area contributed by atoms with Crippen molar-refractivity contribution in [3.8, 4) is 0 Å². The van der Waals surface area contributed by atoms with Gasteiger partial charge < -0.3 is 10.2 Å². The van der Waals surface area contributed by atoms with Crippen molar-refractivity contribution >= 4 is 24.2 Å². The molecule has 0 radical (unpaired) electrons. The first-order valence-corrected chi connectivity index (χ1v) is 9.62. The summed E-state index contributed by atoms with van der Waals surface area (Å²) >= 11 is 1.97. The second-order valence-electron chi connectivity index (χ2n) is 6.84. The Kier molecular flexibility index (Phi) is 4.50. The Labute approximate surface area is 154 Å². The number of hydrogen-bond acceptors (Lipinski definition) is 3. The summed E-state index contributed by atoms with van der Waals surface area (Å²) in [4.78, 5) is 4.29. The Morgan fingerprint density at radius 3 is 2.88 bits per heavy atom. The van der Waals surface area contributed by atoms with Gasteiger partial charge in [0.25, 0.3) is 0 Å². The molecule has 0 spiro atoms. The summed E-state index contributed by atoms with van der Waals surface area (Å²) in [6.07, 6.45) is 6.10. The van der Waals surface area contributed by atoms with Gasteiger partial charge in [-0.2, -0.15) is 0 Å². The van der Waals surface area contributed by atoms with E-state index < -0.39 is 0 Å². The average Bonchev–Trinajstić information content (AvgIpc) is 2.77. The number of thioether (sulfide) groups is 1. The molecule has 0 bridgehead atoms. The smallest absolute Gasteiger partial charge is 0.0537 e. The molecule has 5 rings (SSSR count). The van der Waals surface area contributed by atoms with Crippen LogP contribution in [-0.4, -0.2) is 30.6 Å². The lowest BCUT2D eigenvalue weighted by Gasteiger charge is -2.34. The van der Waals surface area contributed by atoms with Crippen molar-refractivity contribution in [3.63, 3.8) is 0 Å². The Balaban J connectivity index is 0.00000146. The van der Waals surface area contributed by atoms with E-state index in [1.165, 1.54) is 24.8 Å². The van der Waals surface area contributed by atoms with E-state index in [9.17, 15) is 0 Å². The standard InChI is InChI=1S/C20H22N2S.ClH/c1-2-5-14(6-3-1)15-7-8-16-17-13-21-10-9-18(17)22-11-4-12-23-20(15)19(16)22;/h1-6,12,15,18,21H,7-11,13H2;1H. The molecule has 4 heteroatoms. The summed E-state index contributed by atoms with van der Waals surface area (Å²) in [6.45, 7) is 3.32. The number of piperidine rings is 1. The zero-order chi connectivity index (χ0) is 15.2. The SMILES string of the molecule is C1=CSC2=C3C(=C4CNCCC4N3C1)CCC2c1ccccc1.Cl. The van der Waals surface area contributed by atoms with Crippen molar-refractivity contribution in [2.75, 3.05) is 19.6 Å². The molecule has 1 fully saturated rings. The van der Waals surface area contributed by atoms with Gasteiger partial charge in [0.2, 0.25) is 0 Å². The van der Waals surface area contributed by atoms with Crippen molar-refractivity contribution in [2.45, 2.75) is 31.2 Å². The number of halogens is 1. The van der Waals surface area contributed by atoms with Crippen molar-refractivity contribution in [1.82, 2.24) is 10.2 Å². The highest BCUT2D eigenvalue weighted by molar-refractivity contribution is 8.05. The predicted molar refractivity (Wildman–Crippen MR) is 104 cm³/mol. The quantitative estimate of drug-likeness (QED) is 0.799. The third kappa shape index (κ3) is 2.45. The van der Waals surface area contributed by atoms with Gasteiger partial charge in [0.05, 0.1) is 11.7 Å². The molecule has 2 nitrogen and oxygen atoms in total. The number of benzene rings is 1. The van der Waals surface area contributed by atoms with Crippen LogP contribution in [0.5, 0.6) is 0 Å². The second-order valence-corrected chi connectivity index (χ2v) is 7.79. The van der Waals surface area contributed by atoms with Gasteiger partial charge in [-0.15, -0.1) is 12.4 Å². The van der Waals surface area contributed by atoms with E-state index in [1.54, 1.807) is 21.7 Å². The highest BCUT2D eigenvalue weighted by Crippen LogP contribution is 2.52. The monoisotopic (exact) mass is 358 g/mol. The molecular weight excluding hydrogens is 336 g/mol. The molecule has 1 aromatic carbocycles. The first-order chi connectivity index (χ1) is 11.4. The van der Waals surface area contributed by atoms with Gasteiger partial charge >= 0.3 is 0 Å². The van der Waals surface area contributed by atoms with Crippen LogP contribution in [0.1, 0.15) is 30.7 Å². The molecule has 2 atom stereocenters. The average molecular weight is 359 g/mol. The topological polar surface area (TPSA) is 15.3 Å². The number of allylic oxidation sites excluding steroid dienone is 2. The maximum absolute atomic E-state index is 3.60. The highest BCUT2D eigenvalue weighted by atomic mass is 35.5. The van der Waals surface area contributed by atoms with Crippen LogP contribution < -0.4 is 5.32 Å². The van der Waals surface area contributed by atoms with Gasteiger partial charge in [0, 0.05) is 23.9 Å². The number of hydrogen-bond donors (Lipinski definition) is 1. The molecular formula is C20H23ClN2S. The zero-order valence-corrected chi connectivity index (χ0v) is 15.3. The molecule has 0 saturated carbocycles. The number of fused-ring (bicyclic) bond motifs is 2. The van der Waals surface area contributed by atoms with Gasteiger partial charge in [-0.25, -0.2) is 0 Å². The fourth-order valence-electron chi connectivity index (χ4n) is 4.68. The predicted octanol–water partition coefficient (Wildman–Crippen LogP) is 4.43. The Hall–Kier alpha value is -1.16. The minimum absolute atomic E-state index is 0. The van der Waals surface area contributed by atoms with Crippen LogP contribution in [-0.2, 0) is 0 Å². The number of rotatable bonds is 1. The molecule has 24 heavy (non-hydrogen) atoms. The molecule has 4 aliphatic rings. The molecule has 3 heterocycles. The van der Waals surface area contributed by atoms with E-state index in [0.717, 1.165) is 19.6 Å². The van der Waals surface area contributed by atoms with Crippen LogP contribution in [0.15, 0.2) is 63.6 Å². The Bertz CT molecular complexity index is 722. The van der Waals surface area contributed by atoms with Gasteiger partial charge in [-0.05, 0) is 47.9 Å². The molecule has 0 aromatic heterocycles. The van der Waals surface area contributed by atoms with Crippen molar-refractivity contribution in [3.05, 3.63) is 69.1 Å². The molecule has 0 amide bonds. The number of nitrogens with one attached hydrogen (secondary N) is 1. The van der Waals surface area contributed by atoms with Crippen LogP contribution in [0.2, 0.25) is 0 Å². The molecule has 1 saturated heterocycles. The maximum atomic E-state index is 3.60. The van der Waals surface area contributed by atoms with Crippen LogP contribution in [0.25, 0.3) is 0 Å². The van der Waals surface area contributed by atoms with Crippen LogP contribution >= 0.6 is 24.2 Å². The van der Waals surface area contributed by atoms with Crippen LogP contribution in [0, 0.1) is 0 Å². The normalized spacial score (nSPS) is 28.2. The first kappa shape index (κ1) is 16.3. The third-order valence-corrected chi connectivity index (χ3v) is 6.74. The lowest BCUT2D eigenvalue weighted by Crippen LogP contribution is -2.40. The number of nitrogens with zero attached hydrogens (tertiary/aromatic N) is 1. The van der Waals surface area contributed by atoms with E-state index >= 15 is 0 Å². The van der Waals surface area contributed by atoms with Crippen LogP contribution in [0.4, 0.5) is 0 Å². The molecule has 1 aliphatic carbocycles. The highest BCUT2D eigenvalue weighted by Gasteiger charge is 2.42. The van der Waals surface area contributed by atoms with Crippen molar-refractivity contribution in [1.29, 1.82) is 0 Å². The van der Waals surface area contributed by atoms with E-state index in [4.69, 9.17) is 0 Å². The van der Waals surface area contributed by atoms with Gasteiger partial charge in [0.15, 0.2) is 0 Å². The lowest BCUT2D eigenvalue weighted by atomic mass is 9.84. The maximum Gasteiger partial charge on any atom is 0.0537 e. The summed E-state index contributed by atoms with van der Waals surface area (Å²) in [5.41, 5.74) is 6.42. The molecule has 3 aliphatic heterocycles. The zero-order valence-electron chi connectivity index (χ0n) is 13.7. The second kappa shape index (κ2) is 6.62. The van der Waals surface area contributed by atoms with E-state index in [2.05, 4.69) is 52.0 Å². The van der Waals surface area contributed by atoms with Crippen molar-refractivity contribution < 1.29 is 0 Å². The van der Waals surface area contributed by atoms with Gasteiger partial charge in [-0.1, -0.05) is 48.2 Å². The van der Waals surface area contributed by atoms with E-state index in [1.807, 2.05) is 11.8 Å².